The third kappa shape index (κ3) is 4.65. The number of hydrogen-bond acceptors (Lipinski definition) is 3. The first kappa shape index (κ1) is 19.1. The molecule has 25 heavy (non-hydrogen) atoms. The Kier molecular flexibility index (Phi) is 6.28. The molecular weight excluding hydrogens is 363 g/mol. The molecule has 5 nitrogen and oxygen atoms in total. The Balaban J connectivity index is 2.07. The van der Waals surface area contributed by atoms with Crippen molar-refractivity contribution in [2.45, 2.75) is 6.92 Å². The largest absolute Gasteiger partial charge is 0.496 e. The number of amides is 2. The average Bonchev–Trinajstić information content (AvgIpc) is 2.58. The third-order valence-electron chi connectivity index (χ3n) is 3.61. The van der Waals surface area contributed by atoms with Crippen molar-refractivity contribution < 1.29 is 14.3 Å². The lowest BCUT2D eigenvalue weighted by atomic mass is 10.1. The summed E-state index contributed by atoms with van der Waals surface area (Å²) in [5, 5.41) is 3.29. The number of aryl methyl sites for hydroxylation is 1. The molecule has 0 unspecified atom stereocenters. The van der Waals surface area contributed by atoms with Gasteiger partial charge in [0.2, 0.25) is 5.91 Å². The number of hydrogen-bond donors (Lipinski definition) is 1. The van der Waals surface area contributed by atoms with Gasteiger partial charge in [0.05, 0.1) is 29.4 Å². The van der Waals surface area contributed by atoms with E-state index >= 15 is 0 Å². The molecule has 0 bridgehead atoms. The van der Waals surface area contributed by atoms with E-state index in [1.807, 2.05) is 6.92 Å². The molecule has 2 amide bonds. The van der Waals surface area contributed by atoms with Crippen LogP contribution < -0.4 is 10.1 Å². The zero-order chi connectivity index (χ0) is 18.6. The number of benzene rings is 2. The molecule has 1 N–H and O–H groups in total. The number of anilines is 1. The van der Waals surface area contributed by atoms with E-state index in [0.29, 0.717) is 27.0 Å². The summed E-state index contributed by atoms with van der Waals surface area (Å²) >= 11 is 12.0. The van der Waals surface area contributed by atoms with Gasteiger partial charge in [0.15, 0.2) is 0 Å². The lowest BCUT2D eigenvalue weighted by molar-refractivity contribution is -0.116. The molecular formula is C18H18Cl2N2O3. The number of carbonyl (C=O) groups excluding carboxylic acids is 2. The van der Waals surface area contributed by atoms with Crippen LogP contribution in [0.1, 0.15) is 15.9 Å². The average molecular weight is 381 g/mol. The quantitative estimate of drug-likeness (QED) is 0.851. The molecule has 2 aromatic rings. The van der Waals surface area contributed by atoms with Crippen molar-refractivity contribution in [3.63, 3.8) is 0 Å². The molecule has 0 radical (unpaired) electrons. The highest BCUT2D eigenvalue weighted by Gasteiger charge is 2.17. The lowest BCUT2D eigenvalue weighted by Gasteiger charge is -2.18. The Morgan fingerprint density at radius 1 is 1.16 bits per heavy atom. The van der Waals surface area contributed by atoms with E-state index in [9.17, 15) is 9.59 Å². The maximum atomic E-state index is 12.5. The third-order valence-corrected chi connectivity index (χ3v) is 4.24. The fourth-order valence-electron chi connectivity index (χ4n) is 2.26. The molecule has 7 heteroatoms. The Bertz CT molecular complexity index is 789. The Labute approximate surface area is 156 Å². The van der Waals surface area contributed by atoms with Crippen molar-refractivity contribution in [3.05, 3.63) is 57.6 Å². The molecule has 0 fully saturated rings. The van der Waals surface area contributed by atoms with Crippen LogP contribution in [0.3, 0.4) is 0 Å². The van der Waals surface area contributed by atoms with Crippen LogP contribution in [0, 0.1) is 6.92 Å². The molecule has 0 aliphatic carbocycles. The summed E-state index contributed by atoms with van der Waals surface area (Å²) in [6, 6.07) is 10.1. The van der Waals surface area contributed by atoms with Crippen LogP contribution in [-0.4, -0.2) is 37.4 Å². The van der Waals surface area contributed by atoms with Gasteiger partial charge in [-0.15, -0.1) is 0 Å². The molecule has 0 atom stereocenters. The summed E-state index contributed by atoms with van der Waals surface area (Å²) in [4.78, 5) is 26.0. The summed E-state index contributed by atoms with van der Waals surface area (Å²) < 4.78 is 5.22. The minimum atomic E-state index is -0.398. The normalized spacial score (nSPS) is 10.3. The zero-order valence-electron chi connectivity index (χ0n) is 14.1. The van der Waals surface area contributed by atoms with E-state index in [4.69, 9.17) is 27.9 Å². The van der Waals surface area contributed by atoms with Gasteiger partial charge in [-0.25, -0.2) is 0 Å². The number of carbonyl (C=O) groups is 2. The maximum absolute atomic E-state index is 12.5. The van der Waals surface area contributed by atoms with Crippen LogP contribution in [0.4, 0.5) is 5.69 Å². The fourth-order valence-corrected chi connectivity index (χ4v) is 2.75. The highest BCUT2D eigenvalue weighted by Crippen LogP contribution is 2.29. The van der Waals surface area contributed by atoms with Gasteiger partial charge in [0, 0.05) is 12.6 Å². The standard InChI is InChI=1S/C18H18Cl2N2O3/c1-11-7-8-12(9-15(11)25-3)18(24)22(2)10-16(23)21-17-13(19)5-4-6-14(17)20/h4-9H,10H2,1-3H3,(H,21,23). The Hall–Kier alpha value is -2.24. The van der Waals surface area contributed by atoms with Gasteiger partial charge in [0.25, 0.3) is 5.91 Å². The van der Waals surface area contributed by atoms with E-state index in [1.54, 1.807) is 50.6 Å². The summed E-state index contributed by atoms with van der Waals surface area (Å²) in [6.07, 6.45) is 0. The van der Waals surface area contributed by atoms with E-state index in [1.165, 1.54) is 4.90 Å². The number of halogens is 2. The molecule has 0 aliphatic heterocycles. The first-order valence-electron chi connectivity index (χ1n) is 7.47. The smallest absolute Gasteiger partial charge is 0.254 e. The van der Waals surface area contributed by atoms with Gasteiger partial charge in [-0.05, 0) is 36.8 Å². The molecule has 2 aromatic carbocycles. The van der Waals surface area contributed by atoms with Gasteiger partial charge >= 0.3 is 0 Å². The number of nitrogens with one attached hydrogen (secondary N) is 1. The summed E-state index contributed by atoms with van der Waals surface area (Å²) in [5.74, 6) is -0.0739. The van der Waals surface area contributed by atoms with Gasteiger partial charge in [-0.2, -0.15) is 0 Å². The second-order valence-corrected chi connectivity index (χ2v) is 6.30. The first-order valence-corrected chi connectivity index (χ1v) is 8.23. The van der Waals surface area contributed by atoms with Crippen LogP contribution in [0.2, 0.25) is 10.0 Å². The van der Waals surface area contributed by atoms with E-state index in [-0.39, 0.29) is 12.5 Å². The highest BCUT2D eigenvalue weighted by molar-refractivity contribution is 6.39. The maximum Gasteiger partial charge on any atom is 0.254 e. The second kappa shape index (κ2) is 8.23. The number of methoxy groups -OCH3 is 1. The van der Waals surface area contributed by atoms with Gasteiger partial charge in [-0.1, -0.05) is 35.3 Å². The molecule has 0 saturated carbocycles. The molecule has 0 saturated heterocycles. The van der Waals surface area contributed by atoms with Crippen LogP contribution in [-0.2, 0) is 4.79 Å². The summed E-state index contributed by atoms with van der Waals surface area (Å²) in [7, 11) is 3.09. The van der Waals surface area contributed by atoms with Crippen molar-refractivity contribution in [2.75, 3.05) is 26.0 Å². The van der Waals surface area contributed by atoms with Gasteiger partial charge in [0.1, 0.15) is 5.75 Å². The molecule has 2 rings (SSSR count). The molecule has 132 valence electrons. The second-order valence-electron chi connectivity index (χ2n) is 5.49. The topological polar surface area (TPSA) is 58.6 Å². The van der Waals surface area contributed by atoms with E-state index in [0.717, 1.165) is 5.56 Å². The van der Waals surface area contributed by atoms with Crippen LogP contribution in [0.5, 0.6) is 5.75 Å². The van der Waals surface area contributed by atoms with Gasteiger partial charge in [-0.3, -0.25) is 9.59 Å². The monoisotopic (exact) mass is 380 g/mol. The molecule has 0 spiro atoms. The minimum Gasteiger partial charge on any atom is -0.496 e. The number of rotatable bonds is 5. The minimum absolute atomic E-state index is 0.142. The van der Waals surface area contributed by atoms with Crippen LogP contribution in [0.15, 0.2) is 36.4 Å². The number of nitrogens with zero attached hydrogens (tertiary/aromatic N) is 1. The summed E-state index contributed by atoms with van der Waals surface area (Å²) in [6.45, 7) is 1.74. The molecule has 0 aromatic heterocycles. The summed E-state index contributed by atoms with van der Waals surface area (Å²) in [5.41, 5.74) is 1.69. The Morgan fingerprint density at radius 2 is 1.80 bits per heavy atom. The van der Waals surface area contributed by atoms with Crippen molar-refractivity contribution in [2.24, 2.45) is 0 Å². The molecule has 0 heterocycles. The fraction of sp³-hybridized carbons (Fsp3) is 0.222. The first-order chi connectivity index (χ1) is 11.8. The Morgan fingerprint density at radius 3 is 2.40 bits per heavy atom. The SMILES string of the molecule is COc1cc(C(=O)N(C)CC(=O)Nc2c(Cl)cccc2Cl)ccc1C. The van der Waals surface area contributed by atoms with Crippen LogP contribution in [0.25, 0.3) is 0 Å². The van der Waals surface area contributed by atoms with Gasteiger partial charge < -0.3 is 15.0 Å². The van der Waals surface area contributed by atoms with Crippen molar-refractivity contribution in [1.82, 2.24) is 4.90 Å². The predicted octanol–water partition coefficient (Wildman–Crippen LogP) is 4.02. The number of para-hydroxylation sites is 1. The van der Waals surface area contributed by atoms with Crippen molar-refractivity contribution in [3.8, 4) is 5.75 Å². The van der Waals surface area contributed by atoms with Crippen LogP contribution >= 0.6 is 23.2 Å². The van der Waals surface area contributed by atoms with E-state index < -0.39 is 5.91 Å². The van der Waals surface area contributed by atoms with E-state index in [2.05, 4.69) is 5.32 Å². The molecule has 0 aliphatic rings. The lowest BCUT2D eigenvalue weighted by Crippen LogP contribution is -2.35. The predicted molar refractivity (Wildman–Crippen MR) is 99.8 cm³/mol. The number of ether oxygens (including phenoxy) is 1. The highest BCUT2D eigenvalue weighted by atomic mass is 35.5. The zero-order valence-corrected chi connectivity index (χ0v) is 15.6. The van der Waals surface area contributed by atoms with Crippen molar-refractivity contribution >= 4 is 40.7 Å². The number of likely N-dealkylation sites (N-methyl/N-ethyl adjacent to an activating group) is 1. The van der Waals surface area contributed by atoms with Crippen molar-refractivity contribution in [1.29, 1.82) is 0 Å².